The Balaban J connectivity index is 2.41. The normalized spacial score (nSPS) is 10.4. The molecule has 0 atom stereocenters. The van der Waals surface area contributed by atoms with E-state index in [0.29, 0.717) is 11.3 Å². The third-order valence-corrected chi connectivity index (χ3v) is 2.70. The van der Waals surface area contributed by atoms with Crippen LogP contribution in [0.15, 0.2) is 30.6 Å². The van der Waals surface area contributed by atoms with E-state index in [1.54, 1.807) is 0 Å². The van der Waals surface area contributed by atoms with Crippen LogP contribution >= 0.6 is 0 Å². The number of alkyl halides is 2. The molecule has 0 unspecified atom stereocenters. The Morgan fingerprint density at radius 3 is 2.64 bits per heavy atom. The van der Waals surface area contributed by atoms with E-state index in [0.717, 1.165) is 0 Å². The van der Waals surface area contributed by atoms with Crippen LogP contribution in [0.1, 0.15) is 10.5 Å². The number of hydrogen-bond donors (Lipinski definition) is 0. The highest BCUT2D eigenvalue weighted by Gasteiger charge is 2.14. The zero-order valence-electron chi connectivity index (χ0n) is 11.7. The van der Waals surface area contributed by atoms with Gasteiger partial charge in [-0.1, -0.05) is 0 Å². The molecule has 0 amide bonds. The molecule has 2 rings (SSSR count). The Morgan fingerprint density at radius 1 is 1.23 bits per heavy atom. The second-order valence-electron chi connectivity index (χ2n) is 4.02. The predicted molar refractivity (Wildman–Crippen MR) is 72.0 cm³/mol. The molecule has 0 fully saturated rings. The quantitative estimate of drug-likeness (QED) is 0.790. The van der Waals surface area contributed by atoms with E-state index < -0.39 is 12.6 Å². The number of rotatable bonds is 5. The summed E-state index contributed by atoms with van der Waals surface area (Å²) in [4.78, 5) is 19.5. The number of esters is 1. The molecule has 0 saturated heterocycles. The maximum absolute atomic E-state index is 12.2. The van der Waals surface area contributed by atoms with Gasteiger partial charge in [0.2, 0.25) is 0 Å². The molecule has 1 heterocycles. The molecule has 0 aliphatic heterocycles. The van der Waals surface area contributed by atoms with Gasteiger partial charge in [-0.15, -0.1) is 0 Å². The van der Waals surface area contributed by atoms with Crippen molar-refractivity contribution in [2.24, 2.45) is 0 Å². The summed E-state index contributed by atoms with van der Waals surface area (Å²) in [6, 6.07) is 4.13. The highest BCUT2D eigenvalue weighted by atomic mass is 19.3. The predicted octanol–water partition coefficient (Wildman–Crippen LogP) is 2.54. The molecule has 2 aromatic rings. The summed E-state index contributed by atoms with van der Waals surface area (Å²) in [6.07, 6.45) is 2.67. The lowest BCUT2D eigenvalue weighted by atomic mass is 10.1. The van der Waals surface area contributed by atoms with Crippen LogP contribution in [0, 0.1) is 0 Å². The van der Waals surface area contributed by atoms with Crippen LogP contribution in [0.4, 0.5) is 8.78 Å². The Kier molecular flexibility index (Phi) is 4.82. The van der Waals surface area contributed by atoms with Crippen LogP contribution in [-0.4, -0.2) is 36.8 Å². The van der Waals surface area contributed by atoms with Crippen LogP contribution in [0.5, 0.6) is 11.5 Å². The van der Waals surface area contributed by atoms with E-state index in [-0.39, 0.29) is 17.2 Å². The second-order valence-corrected chi connectivity index (χ2v) is 4.02. The number of halogens is 2. The van der Waals surface area contributed by atoms with Gasteiger partial charge in [0.05, 0.1) is 32.3 Å². The number of carbonyl (C=O) groups is 1. The Morgan fingerprint density at radius 2 is 2.00 bits per heavy atom. The van der Waals surface area contributed by atoms with Crippen LogP contribution < -0.4 is 9.47 Å². The van der Waals surface area contributed by atoms with Gasteiger partial charge in [0.1, 0.15) is 11.5 Å². The van der Waals surface area contributed by atoms with Gasteiger partial charge >= 0.3 is 12.6 Å². The van der Waals surface area contributed by atoms with Crippen LogP contribution in [0.25, 0.3) is 11.3 Å². The average molecular weight is 310 g/mol. The molecule has 1 aromatic carbocycles. The molecule has 0 bridgehead atoms. The third-order valence-electron chi connectivity index (χ3n) is 2.70. The molecular weight excluding hydrogens is 298 g/mol. The number of aromatic nitrogens is 2. The van der Waals surface area contributed by atoms with E-state index >= 15 is 0 Å². The third kappa shape index (κ3) is 3.46. The SMILES string of the molecule is COC(=O)c1cncc(-c2ccc(OC(F)F)cc2OC)n1. The first-order valence-corrected chi connectivity index (χ1v) is 6.08. The smallest absolute Gasteiger partial charge is 0.387 e. The van der Waals surface area contributed by atoms with Gasteiger partial charge in [-0.2, -0.15) is 8.78 Å². The van der Waals surface area contributed by atoms with Crippen molar-refractivity contribution in [1.82, 2.24) is 9.97 Å². The second kappa shape index (κ2) is 6.79. The molecule has 1 aromatic heterocycles. The fourth-order valence-electron chi connectivity index (χ4n) is 1.76. The molecule has 0 aliphatic carbocycles. The summed E-state index contributed by atoms with van der Waals surface area (Å²) in [5.74, 6) is -0.423. The lowest BCUT2D eigenvalue weighted by molar-refractivity contribution is -0.0499. The van der Waals surface area contributed by atoms with Crippen molar-refractivity contribution in [2.75, 3.05) is 14.2 Å². The maximum Gasteiger partial charge on any atom is 0.387 e. The Hall–Kier alpha value is -2.77. The van der Waals surface area contributed by atoms with Gasteiger partial charge in [-0.3, -0.25) is 4.98 Å². The van der Waals surface area contributed by atoms with Crippen molar-refractivity contribution < 1.29 is 27.8 Å². The fourth-order valence-corrected chi connectivity index (χ4v) is 1.76. The number of hydrogen-bond acceptors (Lipinski definition) is 6. The minimum atomic E-state index is -2.93. The Bertz CT molecular complexity index is 680. The molecule has 0 saturated carbocycles. The molecule has 0 spiro atoms. The first kappa shape index (κ1) is 15.6. The molecule has 22 heavy (non-hydrogen) atoms. The van der Waals surface area contributed by atoms with E-state index in [1.807, 2.05) is 0 Å². The van der Waals surface area contributed by atoms with Crippen molar-refractivity contribution in [3.05, 3.63) is 36.3 Å². The molecule has 8 heteroatoms. The number of benzene rings is 1. The largest absolute Gasteiger partial charge is 0.496 e. The molecule has 0 aliphatic rings. The fraction of sp³-hybridized carbons (Fsp3) is 0.214. The van der Waals surface area contributed by atoms with Crippen molar-refractivity contribution in [3.63, 3.8) is 0 Å². The van der Waals surface area contributed by atoms with Crippen molar-refractivity contribution in [3.8, 4) is 22.8 Å². The monoisotopic (exact) mass is 310 g/mol. The van der Waals surface area contributed by atoms with Gasteiger partial charge in [-0.05, 0) is 12.1 Å². The van der Waals surface area contributed by atoms with Crippen LogP contribution in [0.2, 0.25) is 0 Å². The molecule has 0 radical (unpaired) electrons. The van der Waals surface area contributed by atoms with E-state index in [9.17, 15) is 13.6 Å². The van der Waals surface area contributed by atoms with Crippen molar-refractivity contribution in [1.29, 1.82) is 0 Å². The standard InChI is InChI=1S/C14H12F2N2O4/c1-20-12-5-8(22-14(15)16)3-4-9(12)10-6-17-7-11(18-10)13(19)21-2/h3-7,14H,1-2H3. The molecular formula is C14H12F2N2O4. The van der Waals surface area contributed by atoms with Gasteiger partial charge in [0.15, 0.2) is 5.69 Å². The van der Waals surface area contributed by atoms with E-state index in [4.69, 9.17) is 4.74 Å². The highest BCUT2D eigenvalue weighted by molar-refractivity contribution is 5.87. The first-order chi connectivity index (χ1) is 10.5. The minimum Gasteiger partial charge on any atom is -0.496 e. The summed E-state index contributed by atoms with van der Waals surface area (Å²) < 4.78 is 38.5. The number of methoxy groups -OCH3 is 2. The summed E-state index contributed by atoms with van der Waals surface area (Å²) in [5.41, 5.74) is 0.834. The van der Waals surface area contributed by atoms with Gasteiger partial charge in [0, 0.05) is 11.6 Å². The summed E-state index contributed by atoms with van der Waals surface area (Å²) in [7, 11) is 2.61. The summed E-state index contributed by atoms with van der Waals surface area (Å²) in [6.45, 7) is -2.93. The maximum atomic E-state index is 12.2. The van der Waals surface area contributed by atoms with E-state index in [1.165, 1.54) is 44.8 Å². The zero-order chi connectivity index (χ0) is 16.1. The molecule has 6 nitrogen and oxygen atoms in total. The topological polar surface area (TPSA) is 70.5 Å². The molecule has 0 N–H and O–H groups in total. The highest BCUT2D eigenvalue weighted by Crippen LogP contribution is 2.32. The van der Waals surface area contributed by atoms with Crippen LogP contribution in [0.3, 0.4) is 0 Å². The summed E-state index contributed by atoms with van der Waals surface area (Å²) >= 11 is 0. The van der Waals surface area contributed by atoms with E-state index in [2.05, 4.69) is 19.4 Å². The number of nitrogens with zero attached hydrogens (tertiary/aromatic N) is 2. The van der Waals surface area contributed by atoms with Gasteiger partial charge in [0.25, 0.3) is 0 Å². The lowest BCUT2D eigenvalue weighted by Gasteiger charge is -2.11. The molecule has 116 valence electrons. The minimum absolute atomic E-state index is 0.0231. The lowest BCUT2D eigenvalue weighted by Crippen LogP contribution is -2.06. The average Bonchev–Trinajstić information content (AvgIpc) is 2.53. The van der Waals surface area contributed by atoms with Gasteiger partial charge < -0.3 is 14.2 Å². The van der Waals surface area contributed by atoms with Crippen molar-refractivity contribution >= 4 is 5.97 Å². The number of carbonyl (C=O) groups excluding carboxylic acids is 1. The summed E-state index contributed by atoms with van der Waals surface area (Å²) in [5, 5.41) is 0. The zero-order valence-corrected chi connectivity index (χ0v) is 11.7. The first-order valence-electron chi connectivity index (χ1n) is 6.08. The van der Waals surface area contributed by atoms with Crippen LogP contribution in [-0.2, 0) is 4.74 Å². The van der Waals surface area contributed by atoms with Gasteiger partial charge in [-0.25, -0.2) is 9.78 Å². The van der Waals surface area contributed by atoms with Crippen molar-refractivity contribution in [2.45, 2.75) is 6.61 Å². The Labute approximate surface area is 124 Å². The number of ether oxygens (including phenoxy) is 3.